The summed E-state index contributed by atoms with van der Waals surface area (Å²) < 4.78 is 45.2. The number of carbonyl (C=O) groups is 1. The predicted octanol–water partition coefficient (Wildman–Crippen LogP) is 3.83. The third-order valence-corrected chi connectivity index (χ3v) is 3.80. The number of hydrogen-bond acceptors (Lipinski definition) is 4. The number of anilines is 2. The second kappa shape index (κ2) is 7.74. The summed E-state index contributed by atoms with van der Waals surface area (Å²) in [6, 6.07) is 7.15. The minimum absolute atomic E-state index is 0.00402. The summed E-state index contributed by atoms with van der Waals surface area (Å²) in [4.78, 5) is 16.0. The van der Waals surface area contributed by atoms with Crippen molar-refractivity contribution >= 4 is 33.5 Å². The molecule has 0 aliphatic rings. The zero-order valence-electron chi connectivity index (χ0n) is 13.5. The van der Waals surface area contributed by atoms with Gasteiger partial charge in [0.1, 0.15) is 4.60 Å². The average molecular weight is 443 g/mol. The molecule has 0 bridgehead atoms. The number of aromatic nitrogens is 3. The highest BCUT2D eigenvalue weighted by atomic mass is 79.9. The molecule has 0 aliphatic heterocycles. The van der Waals surface area contributed by atoms with E-state index in [4.69, 9.17) is 4.52 Å². The predicted molar refractivity (Wildman–Crippen MR) is 91.8 cm³/mol. The number of nitrogens with zero attached hydrogens (tertiary/aromatic N) is 3. The van der Waals surface area contributed by atoms with Crippen molar-refractivity contribution in [2.24, 2.45) is 0 Å². The third kappa shape index (κ3) is 5.26. The van der Waals surface area contributed by atoms with E-state index < -0.39 is 17.8 Å². The second-order valence-corrected chi connectivity index (χ2v) is 6.22. The van der Waals surface area contributed by atoms with Crippen molar-refractivity contribution in [2.75, 3.05) is 10.6 Å². The highest BCUT2D eigenvalue weighted by Crippen LogP contribution is 2.30. The van der Waals surface area contributed by atoms with Gasteiger partial charge in [-0.1, -0.05) is 6.07 Å². The molecule has 2 heterocycles. The highest BCUT2D eigenvalue weighted by Gasteiger charge is 2.30. The molecule has 0 spiro atoms. The number of amides is 2. The van der Waals surface area contributed by atoms with Crippen LogP contribution in [0.2, 0.25) is 0 Å². The van der Waals surface area contributed by atoms with Crippen LogP contribution in [0.5, 0.6) is 0 Å². The number of nitrogens with one attached hydrogen (secondary N) is 2. The van der Waals surface area contributed by atoms with Crippen molar-refractivity contribution in [3.8, 4) is 0 Å². The standard InChI is InChI=1S/C16H11BrF3N5O2/c17-13-5-4-10(7-21-13)8-25-9-14(27-24-25)23-15(26)22-12-3-1-2-11(6-12)16(18,19)20/h1-7,9H,8H2,(H-,22,23,24,26)/p+1. The molecule has 3 aromatic rings. The largest absolute Gasteiger partial charge is 0.416 e. The maximum Gasteiger partial charge on any atom is 0.416 e. The molecular weight excluding hydrogens is 431 g/mol. The Morgan fingerprint density at radius 2 is 2.04 bits per heavy atom. The molecule has 0 saturated carbocycles. The fourth-order valence-electron chi connectivity index (χ4n) is 2.14. The van der Waals surface area contributed by atoms with Gasteiger partial charge in [0, 0.05) is 17.4 Å². The first-order valence-electron chi connectivity index (χ1n) is 7.52. The van der Waals surface area contributed by atoms with Gasteiger partial charge < -0.3 is 5.32 Å². The fraction of sp³-hybridized carbons (Fsp3) is 0.125. The number of urea groups is 1. The maximum atomic E-state index is 12.7. The number of benzene rings is 1. The maximum absolute atomic E-state index is 12.7. The van der Waals surface area contributed by atoms with Gasteiger partial charge in [-0.05, 0) is 50.9 Å². The lowest BCUT2D eigenvalue weighted by molar-refractivity contribution is -0.754. The molecular formula is C16H12BrF3N5O2+. The van der Waals surface area contributed by atoms with Crippen LogP contribution in [0.4, 0.5) is 29.5 Å². The van der Waals surface area contributed by atoms with Crippen LogP contribution in [-0.2, 0) is 12.7 Å². The Hall–Kier alpha value is -2.95. The van der Waals surface area contributed by atoms with Crippen LogP contribution >= 0.6 is 15.9 Å². The van der Waals surface area contributed by atoms with Gasteiger partial charge >= 0.3 is 18.1 Å². The van der Waals surface area contributed by atoms with Crippen molar-refractivity contribution in [1.29, 1.82) is 0 Å². The Balaban J connectivity index is 1.60. The minimum Gasteiger partial charge on any atom is -0.308 e. The van der Waals surface area contributed by atoms with E-state index in [-0.39, 0.29) is 11.6 Å². The Labute approximate surface area is 159 Å². The quantitative estimate of drug-likeness (QED) is 0.475. The number of alkyl halides is 3. The molecule has 11 heteroatoms. The zero-order chi connectivity index (χ0) is 19.4. The van der Waals surface area contributed by atoms with E-state index in [1.54, 1.807) is 12.3 Å². The van der Waals surface area contributed by atoms with Crippen molar-refractivity contribution in [3.63, 3.8) is 0 Å². The van der Waals surface area contributed by atoms with Crippen LogP contribution in [0, 0.1) is 0 Å². The Bertz CT molecular complexity index is 944. The molecule has 0 radical (unpaired) electrons. The van der Waals surface area contributed by atoms with Gasteiger partial charge in [-0.15, -0.1) is 0 Å². The van der Waals surface area contributed by atoms with Gasteiger partial charge in [0.2, 0.25) is 11.8 Å². The zero-order valence-corrected chi connectivity index (χ0v) is 15.1. The summed E-state index contributed by atoms with van der Waals surface area (Å²) in [7, 11) is 0. The first-order valence-corrected chi connectivity index (χ1v) is 8.31. The molecule has 140 valence electrons. The van der Waals surface area contributed by atoms with Gasteiger partial charge in [-0.25, -0.2) is 9.78 Å². The molecule has 3 rings (SSSR count). The second-order valence-electron chi connectivity index (χ2n) is 5.41. The molecule has 27 heavy (non-hydrogen) atoms. The summed E-state index contributed by atoms with van der Waals surface area (Å²) in [5, 5.41) is 8.42. The molecule has 0 fully saturated rings. The lowest BCUT2D eigenvalue weighted by Crippen LogP contribution is -2.35. The van der Waals surface area contributed by atoms with Crippen LogP contribution in [0.15, 0.2) is 57.9 Å². The first kappa shape index (κ1) is 18.8. The molecule has 2 N–H and O–H groups in total. The Morgan fingerprint density at radius 3 is 2.74 bits per heavy atom. The van der Waals surface area contributed by atoms with E-state index in [9.17, 15) is 18.0 Å². The molecule has 2 aromatic heterocycles. The SMILES string of the molecule is O=C(Nc1cccc(C(F)(F)F)c1)Nc1c[n+](Cc2ccc(Br)nc2)no1. The van der Waals surface area contributed by atoms with Gasteiger partial charge in [0.05, 0.1) is 5.56 Å². The topological polar surface area (TPSA) is 83.9 Å². The molecule has 1 aromatic carbocycles. The van der Waals surface area contributed by atoms with Crippen LogP contribution in [0.3, 0.4) is 0 Å². The summed E-state index contributed by atoms with van der Waals surface area (Å²) in [6.45, 7) is 0.362. The summed E-state index contributed by atoms with van der Waals surface area (Å²) >= 11 is 3.24. The average Bonchev–Trinajstić information content (AvgIpc) is 3.03. The third-order valence-electron chi connectivity index (χ3n) is 3.33. The number of hydrogen-bond donors (Lipinski definition) is 2. The normalized spacial score (nSPS) is 11.3. The van der Waals surface area contributed by atoms with Crippen LogP contribution in [0.1, 0.15) is 11.1 Å². The summed E-state index contributed by atoms with van der Waals surface area (Å²) in [5.74, 6) is 0.0320. The first-order chi connectivity index (χ1) is 12.8. The lowest BCUT2D eigenvalue weighted by Gasteiger charge is -2.09. The molecule has 0 atom stereocenters. The molecule has 7 nitrogen and oxygen atoms in total. The van der Waals surface area contributed by atoms with Crippen molar-refractivity contribution in [1.82, 2.24) is 10.3 Å². The summed E-state index contributed by atoms with van der Waals surface area (Å²) in [5.41, 5.74) is -0.00645. The Morgan fingerprint density at radius 1 is 1.22 bits per heavy atom. The van der Waals surface area contributed by atoms with E-state index in [1.807, 2.05) is 6.07 Å². The van der Waals surface area contributed by atoms with Gasteiger partial charge in [-0.2, -0.15) is 13.2 Å². The van der Waals surface area contributed by atoms with Crippen molar-refractivity contribution in [3.05, 3.63) is 64.5 Å². The monoisotopic (exact) mass is 442 g/mol. The van der Waals surface area contributed by atoms with Gasteiger partial charge in [0.15, 0.2) is 0 Å². The molecule has 0 saturated heterocycles. The minimum atomic E-state index is -4.49. The number of pyridine rings is 1. The van der Waals surface area contributed by atoms with Crippen molar-refractivity contribution < 1.29 is 27.2 Å². The van der Waals surface area contributed by atoms with E-state index in [0.29, 0.717) is 11.1 Å². The van der Waals surface area contributed by atoms with Crippen LogP contribution < -0.4 is 15.3 Å². The van der Waals surface area contributed by atoms with Crippen molar-refractivity contribution in [2.45, 2.75) is 12.7 Å². The highest BCUT2D eigenvalue weighted by molar-refractivity contribution is 9.10. The smallest absolute Gasteiger partial charge is 0.308 e. The molecule has 0 aliphatic carbocycles. The number of halogens is 4. The van der Waals surface area contributed by atoms with E-state index >= 15 is 0 Å². The van der Waals surface area contributed by atoms with E-state index in [2.05, 4.69) is 36.8 Å². The fourth-order valence-corrected chi connectivity index (χ4v) is 2.38. The number of carbonyl (C=O) groups excluding carboxylic acids is 1. The molecule has 0 unspecified atom stereocenters. The van der Waals surface area contributed by atoms with Gasteiger partial charge in [-0.3, -0.25) is 9.84 Å². The number of rotatable bonds is 4. The molecule has 2 amide bonds. The van der Waals surface area contributed by atoms with E-state index in [0.717, 1.165) is 17.7 Å². The lowest BCUT2D eigenvalue weighted by atomic mass is 10.2. The van der Waals surface area contributed by atoms with Crippen LogP contribution in [0.25, 0.3) is 0 Å². The van der Waals surface area contributed by atoms with E-state index in [1.165, 1.54) is 23.0 Å². The van der Waals surface area contributed by atoms with Gasteiger partial charge in [0.25, 0.3) is 6.20 Å². The summed E-state index contributed by atoms with van der Waals surface area (Å²) in [6.07, 6.45) is -1.40. The Kier molecular flexibility index (Phi) is 5.40. The van der Waals surface area contributed by atoms with Crippen LogP contribution in [-0.4, -0.2) is 16.3 Å².